The van der Waals surface area contributed by atoms with Gasteiger partial charge >= 0.3 is 0 Å². The zero-order valence-electron chi connectivity index (χ0n) is 20.1. The second-order valence-electron chi connectivity index (χ2n) is 8.43. The molecule has 4 aromatic carbocycles. The molecule has 0 aliphatic rings. The summed E-state index contributed by atoms with van der Waals surface area (Å²) in [7, 11) is 0. The number of nitrogens with one attached hydrogen (secondary N) is 1. The molecule has 1 heterocycles. The van der Waals surface area contributed by atoms with E-state index in [0.29, 0.717) is 5.69 Å². The van der Waals surface area contributed by atoms with E-state index >= 15 is 0 Å². The third kappa shape index (κ3) is 4.72. The number of nitrogens with zero attached hydrogens (tertiary/aromatic N) is 2. The van der Waals surface area contributed by atoms with Crippen molar-refractivity contribution < 1.29 is 14.3 Å². The summed E-state index contributed by atoms with van der Waals surface area (Å²) < 4.78 is 7.79. The molecule has 0 fully saturated rings. The monoisotopic (exact) mass is 477 g/mol. The minimum Gasteiger partial charge on any atom is -0.362 e. The van der Waals surface area contributed by atoms with Crippen LogP contribution < -0.4 is 10.2 Å². The molecule has 0 aliphatic heterocycles. The van der Waals surface area contributed by atoms with Gasteiger partial charge in [0, 0.05) is 45.4 Å². The van der Waals surface area contributed by atoms with Gasteiger partial charge in [0.25, 0.3) is 5.91 Å². The van der Waals surface area contributed by atoms with Gasteiger partial charge in [0.2, 0.25) is 5.91 Å². The Morgan fingerprint density at radius 1 is 0.750 bits per heavy atom. The number of anilines is 3. The molecule has 0 unspecified atom stereocenters. The molecule has 0 saturated carbocycles. The van der Waals surface area contributed by atoms with Crippen LogP contribution in [0, 0.1) is 0 Å². The number of fused-ring (bicyclic) bond motifs is 3. The van der Waals surface area contributed by atoms with Gasteiger partial charge in [-0.05, 0) is 55.5 Å². The van der Waals surface area contributed by atoms with Crippen molar-refractivity contribution in [2.45, 2.75) is 13.5 Å². The van der Waals surface area contributed by atoms with Crippen molar-refractivity contribution in [3.05, 3.63) is 103 Å². The normalized spacial score (nSPS) is 11.0. The first-order valence-corrected chi connectivity index (χ1v) is 12.0. The highest BCUT2D eigenvalue weighted by atomic mass is 16.5. The van der Waals surface area contributed by atoms with Crippen LogP contribution >= 0.6 is 0 Å². The van der Waals surface area contributed by atoms with Crippen LogP contribution in [0.2, 0.25) is 0 Å². The summed E-state index contributed by atoms with van der Waals surface area (Å²) in [6, 6.07) is 32.9. The van der Waals surface area contributed by atoms with Gasteiger partial charge in [0.1, 0.15) is 13.2 Å². The summed E-state index contributed by atoms with van der Waals surface area (Å²) in [5, 5.41) is 5.13. The van der Waals surface area contributed by atoms with E-state index in [0.717, 1.165) is 34.2 Å². The molecule has 5 aromatic rings. The van der Waals surface area contributed by atoms with E-state index in [-0.39, 0.29) is 25.0 Å². The molecule has 0 spiro atoms. The predicted octanol–water partition coefficient (Wildman–Crippen LogP) is 6.13. The molecule has 6 nitrogen and oxygen atoms in total. The summed E-state index contributed by atoms with van der Waals surface area (Å²) in [6.07, 6.45) is 0. The van der Waals surface area contributed by atoms with Gasteiger partial charge in [0.05, 0.1) is 0 Å². The van der Waals surface area contributed by atoms with Gasteiger partial charge in [0.15, 0.2) is 0 Å². The van der Waals surface area contributed by atoms with E-state index in [1.807, 2.05) is 91.0 Å². The predicted molar refractivity (Wildman–Crippen MR) is 145 cm³/mol. The van der Waals surface area contributed by atoms with Crippen LogP contribution in [-0.4, -0.2) is 29.6 Å². The average molecular weight is 478 g/mol. The van der Waals surface area contributed by atoms with Gasteiger partial charge in [-0.2, -0.15) is 0 Å². The van der Waals surface area contributed by atoms with E-state index in [4.69, 9.17) is 4.74 Å². The summed E-state index contributed by atoms with van der Waals surface area (Å²) in [5.74, 6) is -0.568. The number of hydrogen-bond acceptors (Lipinski definition) is 3. The van der Waals surface area contributed by atoms with Crippen LogP contribution in [0.25, 0.3) is 21.8 Å². The Kier molecular flexibility index (Phi) is 6.78. The third-order valence-electron chi connectivity index (χ3n) is 6.11. The second kappa shape index (κ2) is 10.5. The number of benzene rings is 4. The Bertz CT molecular complexity index is 1470. The lowest BCUT2D eigenvalue weighted by atomic mass is 10.1. The third-order valence-corrected chi connectivity index (χ3v) is 6.11. The molecule has 0 radical (unpaired) electrons. The number of para-hydroxylation sites is 3. The number of carbonyl (C=O) groups is 2. The highest BCUT2D eigenvalue weighted by Crippen LogP contribution is 2.31. The van der Waals surface area contributed by atoms with Gasteiger partial charge in [-0.1, -0.05) is 54.6 Å². The minimum atomic E-state index is -0.313. The highest BCUT2D eigenvalue weighted by molar-refractivity contribution is 6.10. The quantitative estimate of drug-likeness (QED) is 0.292. The maximum absolute atomic E-state index is 13.1. The van der Waals surface area contributed by atoms with Crippen LogP contribution in [0.15, 0.2) is 103 Å². The Morgan fingerprint density at radius 2 is 1.36 bits per heavy atom. The zero-order chi connectivity index (χ0) is 24.9. The molecule has 5 rings (SSSR count). The molecule has 36 heavy (non-hydrogen) atoms. The first kappa shape index (κ1) is 23.3. The smallest absolute Gasteiger partial charge is 0.257 e. The first-order valence-electron chi connectivity index (χ1n) is 12.0. The minimum absolute atomic E-state index is 0.222. The summed E-state index contributed by atoms with van der Waals surface area (Å²) in [4.78, 5) is 27.2. The molecule has 0 aliphatic carbocycles. The molecular weight excluding hydrogens is 450 g/mol. The van der Waals surface area contributed by atoms with Crippen molar-refractivity contribution in [1.82, 2.24) is 4.57 Å². The Hall–Kier alpha value is -4.42. The number of aryl methyl sites for hydroxylation is 1. The van der Waals surface area contributed by atoms with Gasteiger partial charge in [-0.15, -0.1) is 0 Å². The molecule has 1 aromatic heterocycles. The van der Waals surface area contributed by atoms with Crippen molar-refractivity contribution in [1.29, 1.82) is 0 Å². The standard InChI is InChI=1S/C30H27N3O3/c1-2-32-27-16-10-9-15-25(27)26-19-22(17-18-28(26)32)31-29(34)20-36-21-30(35)33(23-11-5-3-6-12-23)24-13-7-4-8-14-24/h3-19H,2,20-21H2,1H3,(H,31,34). The van der Waals surface area contributed by atoms with Crippen molar-refractivity contribution >= 4 is 50.7 Å². The molecule has 0 saturated heterocycles. The van der Waals surface area contributed by atoms with Crippen LogP contribution in [0.4, 0.5) is 17.1 Å². The number of hydrogen-bond donors (Lipinski definition) is 1. The number of aromatic nitrogens is 1. The van der Waals surface area contributed by atoms with Crippen molar-refractivity contribution in [3.63, 3.8) is 0 Å². The lowest BCUT2D eigenvalue weighted by Gasteiger charge is -2.23. The molecule has 0 bridgehead atoms. The Labute approximate surface area is 209 Å². The SMILES string of the molecule is CCn1c2ccccc2c2cc(NC(=O)COCC(=O)N(c3ccccc3)c3ccccc3)ccc21. The lowest BCUT2D eigenvalue weighted by molar-refractivity contribution is -0.126. The number of amides is 2. The summed E-state index contributed by atoms with van der Waals surface area (Å²) in [6.45, 7) is 2.54. The van der Waals surface area contributed by atoms with Crippen LogP contribution in [0.5, 0.6) is 0 Å². The van der Waals surface area contributed by atoms with E-state index in [9.17, 15) is 9.59 Å². The van der Waals surface area contributed by atoms with Crippen LogP contribution in [-0.2, 0) is 20.9 Å². The average Bonchev–Trinajstić information content (AvgIpc) is 3.23. The highest BCUT2D eigenvalue weighted by Gasteiger charge is 2.18. The molecular formula is C30H27N3O3. The molecule has 1 N–H and O–H groups in total. The van der Waals surface area contributed by atoms with Crippen LogP contribution in [0.1, 0.15) is 6.92 Å². The second-order valence-corrected chi connectivity index (χ2v) is 8.43. The van der Waals surface area contributed by atoms with E-state index < -0.39 is 0 Å². The summed E-state index contributed by atoms with van der Waals surface area (Å²) in [5.41, 5.74) is 4.46. The first-order chi connectivity index (χ1) is 17.7. The van der Waals surface area contributed by atoms with Gasteiger partial charge in [-0.25, -0.2) is 0 Å². The number of rotatable bonds is 8. The molecule has 180 valence electrons. The fourth-order valence-electron chi connectivity index (χ4n) is 4.56. The van der Waals surface area contributed by atoms with Gasteiger partial charge in [-0.3, -0.25) is 14.5 Å². The molecule has 2 amide bonds. The molecule has 0 atom stereocenters. The lowest BCUT2D eigenvalue weighted by Crippen LogP contribution is -2.31. The fraction of sp³-hybridized carbons (Fsp3) is 0.133. The largest absolute Gasteiger partial charge is 0.362 e. The van der Waals surface area contributed by atoms with E-state index in [2.05, 4.69) is 28.9 Å². The number of ether oxygens (including phenoxy) is 1. The van der Waals surface area contributed by atoms with E-state index in [1.54, 1.807) is 4.90 Å². The van der Waals surface area contributed by atoms with Gasteiger partial charge < -0.3 is 14.6 Å². The maximum Gasteiger partial charge on any atom is 0.257 e. The van der Waals surface area contributed by atoms with Crippen molar-refractivity contribution in [3.8, 4) is 0 Å². The Balaban J connectivity index is 1.25. The van der Waals surface area contributed by atoms with Crippen LogP contribution in [0.3, 0.4) is 0 Å². The molecule has 6 heteroatoms. The van der Waals surface area contributed by atoms with E-state index in [1.165, 1.54) is 5.52 Å². The maximum atomic E-state index is 13.1. The zero-order valence-corrected chi connectivity index (χ0v) is 20.1. The number of carbonyl (C=O) groups excluding carboxylic acids is 2. The topological polar surface area (TPSA) is 63.6 Å². The summed E-state index contributed by atoms with van der Waals surface area (Å²) >= 11 is 0. The Morgan fingerprint density at radius 3 is 2.03 bits per heavy atom. The fourth-order valence-corrected chi connectivity index (χ4v) is 4.56. The van der Waals surface area contributed by atoms with Crippen molar-refractivity contribution in [2.24, 2.45) is 0 Å². The van der Waals surface area contributed by atoms with Crippen molar-refractivity contribution in [2.75, 3.05) is 23.4 Å².